The van der Waals surface area contributed by atoms with Crippen LogP contribution in [-0.4, -0.2) is 57.8 Å². The molecule has 0 spiro atoms. The fourth-order valence-corrected chi connectivity index (χ4v) is 2.90. The number of nitrogens with zero attached hydrogens (tertiary/aromatic N) is 3. The van der Waals surface area contributed by atoms with Crippen molar-refractivity contribution in [2.45, 2.75) is 31.2 Å². The minimum absolute atomic E-state index is 0.0102. The van der Waals surface area contributed by atoms with Crippen LogP contribution in [0.1, 0.15) is 25.0 Å². The first-order chi connectivity index (χ1) is 11.4. The van der Waals surface area contributed by atoms with Crippen LogP contribution in [0.4, 0.5) is 8.78 Å². The van der Waals surface area contributed by atoms with Gasteiger partial charge < -0.3 is 10.2 Å². The summed E-state index contributed by atoms with van der Waals surface area (Å²) < 4.78 is 28.3. The predicted molar refractivity (Wildman–Crippen MR) is 86.7 cm³/mol. The van der Waals surface area contributed by atoms with Crippen LogP contribution in [0.15, 0.2) is 18.6 Å². The van der Waals surface area contributed by atoms with Gasteiger partial charge in [0, 0.05) is 43.7 Å². The number of hydrogen-bond donors (Lipinski definition) is 1. The molecule has 6 nitrogen and oxygen atoms in total. The number of amides is 2. The van der Waals surface area contributed by atoms with Gasteiger partial charge in [-0.25, -0.2) is 0 Å². The molecule has 1 saturated heterocycles. The van der Waals surface area contributed by atoms with E-state index in [9.17, 15) is 18.4 Å². The number of likely N-dealkylation sites (tertiary alicyclic amines) is 1. The zero-order valence-corrected chi connectivity index (χ0v) is 14.2. The molecule has 0 bridgehead atoms. The van der Waals surface area contributed by atoms with Crippen molar-refractivity contribution in [2.24, 2.45) is 0 Å². The molecule has 0 saturated carbocycles. The number of hydrogen-bond acceptors (Lipinski definition) is 5. The SMILES string of the molecule is CSCCC(=O)N1CCC[C@@H](NC(=O)C(F)(F)c2cnccn2)C1. The van der Waals surface area contributed by atoms with Crippen molar-refractivity contribution in [2.75, 3.05) is 25.1 Å². The Morgan fingerprint density at radius 3 is 2.92 bits per heavy atom. The average molecular weight is 358 g/mol. The number of alkyl halides is 2. The van der Waals surface area contributed by atoms with Crippen LogP contribution in [0.3, 0.4) is 0 Å². The summed E-state index contributed by atoms with van der Waals surface area (Å²) in [6.07, 6.45) is 6.82. The number of piperidine rings is 1. The number of carbonyl (C=O) groups is 2. The summed E-state index contributed by atoms with van der Waals surface area (Å²) in [4.78, 5) is 32.7. The Morgan fingerprint density at radius 2 is 2.25 bits per heavy atom. The zero-order valence-electron chi connectivity index (χ0n) is 13.4. The molecule has 2 rings (SSSR count). The van der Waals surface area contributed by atoms with E-state index in [1.165, 1.54) is 6.20 Å². The molecule has 2 amide bonds. The van der Waals surface area contributed by atoms with Gasteiger partial charge in [-0.2, -0.15) is 20.5 Å². The Kier molecular flexibility index (Phi) is 6.47. The van der Waals surface area contributed by atoms with Crippen LogP contribution in [0, 0.1) is 0 Å². The lowest BCUT2D eigenvalue weighted by Gasteiger charge is -2.33. The summed E-state index contributed by atoms with van der Waals surface area (Å²) in [6.45, 7) is 0.857. The van der Waals surface area contributed by atoms with Crippen LogP contribution in [0.2, 0.25) is 0 Å². The van der Waals surface area contributed by atoms with Gasteiger partial charge in [0.2, 0.25) is 5.91 Å². The fourth-order valence-electron chi connectivity index (χ4n) is 2.52. The van der Waals surface area contributed by atoms with E-state index < -0.39 is 23.6 Å². The predicted octanol–water partition coefficient (Wildman–Crippen LogP) is 1.43. The minimum Gasteiger partial charge on any atom is -0.346 e. The van der Waals surface area contributed by atoms with E-state index in [-0.39, 0.29) is 12.5 Å². The van der Waals surface area contributed by atoms with Crippen molar-refractivity contribution in [1.29, 1.82) is 0 Å². The molecule has 9 heteroatoms. The topological polar surface area (TPSA) is 75.2 Å². The van der Waals surface area contributed by atoms with Crippen molar-refractivity contribution in [3.8, 4) is 0 Å². The van der Waals surface area contributed by atoms with Gasteiger partial charge >= 0.3 is 5.92 Å². The second-order valence-corrected chi connectivity index (χ2v) is 6.55. The second kappa shape index (κ2) is 8.36. The summed E-state index contributed by atoms with van der Waals surface area (Å²) in [6, 6.07) is -0.480. The highest BCUT2D eigenvalue weighted by molar-refractivity contribution is 7.98. The molecule has 1 fully saturated rings. The lowest BCUT2D eigenvalue weighted by molar-refractivity contribution is -0.149. The maximum atomic E-state index is 14.1. The number of rotatable bonds is 6. The van der Waals surface area contributed by atoms with Gasteiger partial charge in [-0.3, -0.25) is 19.6 Å². The maximum Gasteiger partial charge on any atom is 0.367 e. The van der Waals surface area contributed by atoms with Crippen molar-refractivity contribution in [1.82, 2.24) is 20.2 Å². The maximum absolute atomic E-state index is 14.1. The Balaban J connectivity index is 1.95. The number of carbonyl (C=O) groups excluding carboxylic acids is 2. The normalized spacial score (nSPS) is 18.3. The van der Waals surface area contributed by atoms with Crippen LogP contribution in [0.5, 0.6) is 0 Å². The van der Waals surface area contributed by atoms with Gasteiger partial charge in [0.1, 0.15) is 5.69 Å². The highest BCUT2D eigenvalue weighted by atomic mass is 32.2. The molecule has 0 aromatic carbocycles. The lowest BCUT2D eigenvalue weighted by atomic mass is 10.0. The molecule has 1 aromatic rings. The first-order valence-electron chi connectivity index (χ1n) is 7.67. The van der Waals surface area contributed by atoms with Gasteiger partial charge in [0.25, 0.3) is 5.91 Å². The van der Waals surface area contributed by atoms with E-state index in [1.807, 2.05) is 6.26 Å². The second-order valence-electron chi connectivity index (χ2n) is 5.56. The van der Waals surface area contributed by atoms with E-state index >= 15 is 0 Å². The highest BCUT2D eigenvalue weighted by Gasteiger charge is 2.44. The molecule has 24 heavy (non-hydrogen) atoms. The average Bonchev–Trinajstić information content (AvgIpc) is 2.60. The van der Waals surface area contributed by atoms with Crippen molar-refractivity contribution in [3.05, 3.63) is 24.3 Å². The molecule has 2 heterocycles. The van der Waals surface area contributed by atoms with Crippen LogP contribution < -0.4 is 5.32 Å². The van der Waals surface area contributed by atoms with Crippen molar-refractivity contribution >= 4 is 23.6 Å². The Labute approximate surface area is 143 Å². The quantitative estimate of drug-likeness (QED) is 0.833. The van der Waals surface area contributed by atoms with Gasteiger partial charge in [-0.05, 0) is 19.1 Å². The van der Waals surface area contributed by atoms with Gasteiger partial charge in [-0.1, -0.05) is 0 Å². The molecule has 0 unspecified atom stereocenters. The standard InChI is InChI=1S/C15H20F2N4O2S/c1-24-8-4-13(22)21-7-2-3-11(10-21)20-14(23)15(16,17)12-9-18-5-6-19-12/h5-6,9,11H,2-4,7-8,10H2,1H3,(H,20,23)/t11-/m1/s1. The van der Waals surface area contributed by atoms with E-state index in [2.05, 4.69) is 15.3 Å². The molecule has 132 valence electrons. The lowest BCUT2D eigenvalue weighted by Crippen LogP contribution is -2.52. The molecule has 0 radical (unpaired) electrons. The monoisotopic (exact) mass is 358 g/mol. The number of thioether (sulfide) groups is 1. The largest absolute Gasteiger partial charge is 0.367 e. The number of aromatic nitrogens is 2. The van der Waals surface area contributed by atoms with E-state index in [0.717, 1.165) is 18.1 Å². The van der Waals surface area contributed by atoms with E-state index in [1.54, 1.807) is 16.7 Å². The smallest absolute Gasteiger partial charge is 0.346 e. The highest BCUT2D eigenvalue weighted by Crippen LogP contribution is 2.26. The molecular weight excluding hydrogens is 338 g/mol. The third kappa shape index (κ3) is 4.62. The van der Waals surface area contributed by atoms with Crippen LogP contribution in [-0.2, 0) is 15.5 Å². The summed E-state index contributed by atoms with van der Waals surface area (Å²) in [5.74, 6) is -4.45. The molecule has 1 aliphatic rings. The van der Waals surface area contributed by atoms with Crippen LogP contribution in [0.25, 0.3) is 0 Å². The fraction of sp³-hybridized carbons (Fsp3) is 0.600. The van der Waals surface area contributed by atoms with Gasteiger partial charge in [0.05, 0.1) is 6.20 Å². The number of nitrogens with one attached hydrogen (secondary N) is 1. The zero-order chi connectivity index (χ0) is 17.6. The number of halogens is 2. The summed E-state index contributed by atoms with van der Waals surface area (Å²) >= 11 is 1.58. The first-order valence-corrected chi connectivity index (χ1v) is 9.06. The van der Waals surface area contributed by atoms with Crippen molar-refractivity contribution in [3.63, 3.8) is 0 Å². The minimum atomic E-state index is -3.75. The van der Waals surface area contributed by atoms with Crippen LogP contribution >= 0.6 is 11.8 Å². The van der Waals surface area contributed by atoms with Gasteiger partial charge in [-0.15, -0.1) is 0 Å². The Hall–Kier alpha value is -1.77. The summed E-state index contributed by atoms with van der Waals surface area (Å²) in [5, 5.41) is 2.34. The molecule has 1 aliphatic heterocycles. The van der Waals surface area contributed by atoms with E-state index in [0.29, 0.717) is 25.8 Å². The summed E-state index contributed by atoms with van der Waals surface area (Å²) in [7, 11) is 0. The molecule has 0 aliphatic carbocycles. The van der Waals surface area contributed by atoms with E-state index in [4.69, 9.17) is 0 Å². The molecule has 1 N–H and O–H groups in total. The molecule has 1 aromatic heterocycles. The molecule has 1 atom stereocenters. The Bertz CT molecular complexity index is 574. The van der Waals surface area contributed by atoms with Gasteiger partial charge in [0.15, 0.2) is 0 Å². The summed E-state index contributed by atoms with van der Waals surface area (Å²) in [5.41, 5.74) is -0.689. The Morgan fingerprint density at radius 1 is 1.46 bits per heavy atom. The third-order valence-corrected chi connectivity index (χ3v) is 4.41. The molecular formula is C15H20F2N4O2S. The van der Waals surface area contributed by atoms with Crippen molar-refractivity contribution < 1.29 is 18.4 Å². The third-order valence-electron chi connectivity index (χ3n) is 3.80. The first kappa shape index (κ1) is 18.6.